The molecule has 0 aromatic heterocycles. The number of amides is 17. The van der Waals surface area contributed by atoms with Crippen molar-refractivity contribution in [3.8, 4) is 0 Å². The first-order valence-electron chi connectivity index (χ1n) is 32.3. The molecule has 15 atom stereocenters. The van der Waals surface area contributed by atoms with E-state index < -0.39 is 267 Å². The van der Waals surface area contributed by atoms with Gasteiger partial charge in [-0.1, -0.05) is 13.8 Å². The molecule has 0 aromatic rings. The Balaban J connectivity index is 3.22. The third-order valence-corrected chi connectivity index (χ3v) is 15.5. The van der Waals surface area contributed by atoms with Crippen LogP contribution in [-0.4, -0.2) is 284 Å². The Morgan fingerprint density at radius 2 is 0.796 bits per heavy atom. The van der Waals surface area contributed by atoms with Gasteiger partial charge in [0.1, 0.15) is 84.6 Å². The van der Waals surface area contributed by atoms with Crippen LogP contribution in [0.2, 0.25) is 0 Å². The van der Waals surface area contributed by atoms with Gasteiger partial charge in [-0.2, -0.15) is 12.6 Å². The van der Waals surface area contributed by atoms with E-state index >= 15 is 0 Å². The van der Waals surface area contributed by atoms with Gasteiger partial charge in [0, 0.05) is 18.7 Å². The van der Waals surface area contributed by atoms with Crippen molar-refractivity contribution in [2.75, 3.05) is 45.3 Å². The van der Waals surface area contributed by atoms with Gasteiger partial charge in [-0.25, -0.2) is 4.79 Å². The van der Waals surface area contributed by atoms with Crippen LogP contribution in [0.5, 0.6) is 0 Å². The molecule has 0 bridgehead atoms. The topological polar surface area (TPSA) is 735 Å². The lowest BCUT2D eigenvalue weighted by Crippen LogP contribution is -2.62. The number of aliphatic hydroxyl groups is 4. The molecule has 0 aliphatic carbocycles. The van der Waals surface area contributed by atoms with Crippen LogP contribution in [0.25, 0.3) is 0 Å². The van der Waals surface area contributed by atoms with Gasteiger partial charge >= 0.3 is 11.9 Å². The Kier molecular flexibility index (Phi) is 40.5. The van der Waals surface area contributed by atoms with Crippen LogP contribution in [0.3, 0.4) is 0 Å². The Labute approximate surface area is 594 Å². The molecule has 29 N–H and O–H groups in total. The average Bonchev–Trinajstić information content (AvgIpc) is 1.73. The number of carbonyl (C=O) groups is 19. The molecule has 1 saturated heterocycles. The van der Waals surface area contributed by atoms with E-state index in [1.54, 1.807) is 13.8 Å². The number of carbonyl (C=O) groups excluding carboxylic acids is 17. The summed E-state index contributed by atoms with van der Waals surface area (Å²) in [5.74, 6) is -23.3. The molecule has 44 nitrogen and oxygen atoms in total. The zero-order chi connectivity index (χ0) is 78.7. The van der Waals surface area contributed by atoms with Crippen molar-refractivity contribution in [1.82, 2.24) is 74.0 Å². The van der Waals surface area contributed by atoms with Crippen LogP contribution >= 0.6 is 12.6 Å². The van der Waals surface area contributed by atoms with Gasteiger partial charge in [0.15, 0.2) is 0 Å². The maximum atomic E-state index is 13.9. The molecular formula is C58H97N19O25S. The normalized spacial score (nSPS) is 16.6. The number of nitrogens with one attached hydrogen (secondary N) is 13. The first kappa shape index (κ1) is 91.1. The lowest BCUT2D eigenvalue weighted by molar-refractivity contribution is -0.147. The second kappa shape index (κ2) is 45.8. The van der Waals surface area contributed by atoms with E-state index in [-0.39, 0.29) is 51.1 Å². The van der Waals surface area contributed by atoms with Crippen molar-refractivity contribution >= 4 is 125 Å². The first-order valence-corrected chi connectivity index (χ1v) is 32.9. The van der Waals surface area contributed by atoms with Gasteiger partial charge in [-0.3, -0.25) is 86.3 Å². The maximum Gasteiger partial charge on any atom is 0.326 e. The van der Waals surface area contributed by atoms with E-state index in [1.807, 2.05) is 5.32 Å². The fourth-order valence-electron chi connectivity index (χ4n) is 9.54. The molecule has 17 amide bonds. The second-order valence-corrected chi connectivity index (χ2v) is 24.6. The van der Waals surface area contributed by atoms with Crippen LogP contribution in [-0.2, 0) is 91.1 Å². The summed E-state index contributed by atoms with van der Waals surface area (Å²) in [5, 5.41) is 87.7. The molecule has 1 rings (SSSR count). The molecule has 0 spiro atoms. The van der Waals surface area contributed by atoms with Crippen molar-refractivity contribution in [2.24, 2.45) is 34.6 Å². The molecule has 1 aliphatic heterocycles. The van der Waals surface area contributed by atoms with Crippen molar-refractivity contribution < 1.29 is 122 Å². The van der Waals surface area contributed by atoms with Gasteiger partial charge < -0.3 is 133 Å². The zero-order valence-corrected chi connectivity index (χ0v) is 58.1. The molecule has 1 heterocycles. The molecule has 0 unspecified atom stereocenters. The van der Waals surface area contributed by atoms with Gasteiger partial charge in [-0.15, -0.1) is 0 Å². The number of carboxylic acids is 2. The van der Waals surface area contributed by atoms with E-state index in [0.29, 0.717) is 6.42 Å². The number of rotatable bonds is 48. The first-order chi connectivity index (χ1) is 48.2. The van der Waals surface area contributed by atoms with Crippen molar-refractivity contribution in [3.05, 3.63) is 0 Å². The van der Waals surface area contributed by atoms with E-state index in [9.17, 15) is 117 Å². The Morgan fingerprint density at radius 3 is 1.22 bits per heavy atom. The minimum Gasteiger partial charge on any atom is -0.481 e. The molecule has 0 radical (unpaired) electrons. The lowest BCUT2D eigenvalue weighted by atomic mass is 10.0. The summed E-state index contributed by atoms with van der Waals surface area (Å²) in [6.45, 7) is 2.37. The fraction of sp³-hybridized carbons (Fsp3) is 0.672. The number of nitrogens with two attached hydrogens (primary N) is 5. The van der Waals surface area contributed by atoms with Gasteiger partial charge in [-0.05, 0) is 78.2 Å². The summed E-state index contributed by atoms with van der Waals surface area (Å²) in [7, 11) is 0. The summed E-state index contributed by atoms with van der Waals surface area (Å²) in [4.78, 5) is 248. The highest BCUT2D eigenvalue weighted by Crippen LogP contribution is 2.19. The quantitative estimate of drug-likeness (QED) is 0.0199. The number of likely N-dealkylation sites (tertiary alicyclic amines) is 1. The molecule has 103 heavy (non-hydrogen) atoms. The molecular weight excluding hydrogens is 1390 g/mol. The standard InChI is InChI=1S/C58H97N19O25S/c1-24(2)15-30(69-49(92)31(16-41(62)83)68-44(87)25(3)60)48(91)72-36(21-80)54(97)73-35(20-79)52(95)65-27(5)57(100)77-14-8-10-39(77)56(99)75-37(22-81)53(96)67-29(11-12-40(61)82)47(90)70-32(17-42(63)84)50(93)76-38(23-103)55(98)74-34(19-78)51(94)64-26(4)45(88)66-28(9-6-7-13-59)46(89)71-33(58(101)102)18-43(85)86/h24-39,78-81,103H,6-23,59-60H2,1-5H3,(H2,61,82)(H2,62,83)(H2,63,84)(H,64,94)(H,65,95)(H,66,88)(H,67,96)(H,68,87)(H,69,92)(H,70,90)(H,71,89)(H,72,91)(H,73,97)(H,74,98)(H,75,99)(H,76,93)(H,85,86)(H,101,102)/t25-,26-,27-,28-,29-,30-,31-,32-,33-,34-,35-,36-,37-,38-,39-/m0/s1. The largest absolute Gasteiger partial charge is 0.481 e. The minimum atomic E-state index is -2.00. The van der Waals surface area contributed by atoms with Crippen LogP contribution in [0, 0.1) is 5.92 Å². The minimum absolute atomic E-state index is 0.0654. The van der Waals surface area contributed by atoms with Crippen molar-refractivity contribution in [2.45, 2.75) is 196 Å². The van der Waals surface area contributed by atoms with Crippen LogP contribution in [0.15, 0.2) is 0 Å². The monoisotopic (exact) mass is 1490 g/mol. The summed E-state index contributed by atoms with van der Waals surface area (Å²) < 4.78 is 0. The van der Waals surface area contributed by atoms with Gasteiger partial charge in [0.05, 0.1) is 51.7 Å². The smallest absolute Gasteiger partial charge is 0.326 e. The van der Waals surface area contributed by atoms with Gasteiger partial charge in [0.25, 0.3) is 0 Å². The Morgan fingerprint density at radius 1 is 0.427 bits per heavy atom. The van der Waals surface area contributed by atoms with Crippen molar-refractivity contribution in [3.63, 3.8) is 0 Å². The number of aliphatic carboxylic acids is 2. The molecule has 45 heteroatoms. The summed E-state index contributed by atoms with van der Waals surface area (Å²) in [6.07, 6.45) is -3.55. The highest BCUT2D eigenvalue weighted by atomic mass is 32.1. The number of thiol groups is 1. The summed E-state index contributed by atoms with van der Waals surface area (Å²) in [6, 6.07) is -25.1. The van der Waals surface area contributed by atoms with E-state index in [4.69, 9.17) is 33.8 Å². The second-order valence-electron chi connectivity index (χ2n) is 24.2. The van der Waals surface area contributed by atoms with Crippen LogP contribution < -0.4 is 97.8 Å². The highest BCUT2D eigenvalue weighted by Gasteiger charge is 2.41. The SMILES string of the molecule is CC(C)C[C@H](NC(=O)[C@H](CC(N)=O)NC(=O)[C@H](C)N)C(=O)N[C@@H](CO)C(=O)N[C@@H](CO)C(=O)N[C@@H](C)C(=O)N1CCC[C@H]1C(=O)N[C@@H](CO)C(=O)N[C@@H](CCC(N)=O)C(=O)N[C@@H](CC(N)=O)C(=O)N[C@@H](CS)C(=O)N[C@@H](CO)C(=O)N[C@@H](C)C(=O)N[C@@H](CCCCN)C(=O)N[C@@H](CC(=O)O)C(=O)O. The maximum absolute atomic E-state index is 13.9. The molecule has 580 valence electrons. The third-order valence-electron chi connectivity index (χ3n) is 15.1. The number of aliphatic hydroxyl groups excluding tert-OH is 4. The molecule has 1 aliphatic rings. The fourth-order valence-corrected chi connectivity index (χ4v) is 9.80. The lowest BCUT2D eigenvalue weighted by Gasteiger charge is -2.29. The predicted molar refractivity (Wildman–Crippen MR) is 355 cm³/mol. The van der Waals surface area contributed by atoms with Crippen LogP contribution in [0.4, 0.5) is 0 Å². The Hall–Kier alpha value is -9.96. The Bertz CT molecular complexity index is 3060. The predicted octanol–water partition coefficient (Wildman–Crippen LogP) is -13.7. The highest BCUT2D eigenvalue weighted by molar-refractivity contribution is 7.80. The van der Waals surface area contributed by atoms with E-state index in [0.717, 1.165) is 18.7 Å². The van der Waals surface area contributed by atoms with Crippen molar-refractivity contribution in [1.29, 1.82) is 0 Å². The van der Waals surface area contributed by atoms with E-state index in [2.05, 4.69) is 76.4 Å². The van der Waals surface area contributed by atoms with Crippen LogP contribution in [0.1, 0.15) is 105 Å². The number of hydrogen-bond donors (Lipinski definition) is 25. The summed E-state index contributed by atoms with van der Waals surface area (Å²) in [5.41, 5.74) is 27.0. The molecule has 1 fully saturated rings. The number of carboxylic acid groups (broad SMARTS) is 2. The van der Waals surface area contributed by atoms with Gasteiger partial charge in [0.2, 0.25) is 100 Å². The van der Waals surface area contributed by atoms with E-state index in [1.165, 1.54) is 6.92 Å². The number of nitrogens with zero attached hydrogens (tertiary/aromatic N) is 1. The molecule has 0 aromatic carbocycles. The zero-order valence-electron chi connectivity index (χ0n) is 57.2. The average molecular weight is 1490 g/mol. The number of hydrogen-bond acceptors (Lipinski definition) is 26. The number of primary amides is 3. The summed E-state index contributed by atoms with van der Waals surface area (Å²) >= 11 is 4.04. The third kappa shape index (κ3) is 32.3. The molecule has 0 saturated carbocycles. The number of unbranched alkanes of at least 4 members (excludes halogenated alkanes) is 1.